The molecule has 0 unspecified atom stereocenters. The van der Waals surface area contributed by atoms with Crippen LogP contribution in [0.25, 0.3) is 11.1 Å². The van der Waals surface area contributed by atoms with Crippen molar-refractivity contribution in [1.29, 1.82) is 0 Å². The first-order valence-electron chi connectivity index (χ1n) is 14.0. The minimum absolute atomic E-state index is 0.991. The molecule has 1 heterocycles. The van der Waals surface area contributed by atoms with Gasteiger partial charge in [0.25, 0.3) is 0 Å². The number of allylic oxidation sites excluding steroid dienone is 3. The fourth-order valence-corrected chi connectivity index (χ4v) is 9.06. The van der Waals surface area contributed by atoms with Crippen molar-refractivity contribution in [2.24, 2.45) is 0 Å². The molecule has 0 aromatic heterocycles. The van der Waals surface area contributed by atoms with Gasteiger partial charge < -0.3 is 9.80 Å². The summed E-state index contributed by atoms with van der Waals surface area (Å²) in [4.78, 5) is 4.62. The predicted molar refractivity (Wildman–Crippen MR) is 180 cm³/mol. The van der Waals surface area contributed by atoms with Crippen LogP contribution in [0.5, 0.6) is 0 Å². The maximum absolute atomic E-state index is 4.11. The van der Waals surface area contributed by atoms with E-state index in [4.69, 9.17) is 0 Å². The molecule has 0 aliphatic carbocycles. The Labute approximate surface area is 244 Å². The van der Waals surface area contributed by atoms with Crippen molar-refractivity contribution >= 4 is 46.9 Å². The summed E-state index contributed by atoms with van der Waals surface area (Å²) in [6.07, 6.45) is 5.73. The van der Waals surface area contributed by atoms with Gasteiger partial charge in [-0.3, -0.25) is 0 Å². The van der Waals surface area contributed by atoms with Crippen LogP contribution < -0.4 is 20.2 Å². The van der Waals surface area contributed by atoms with Crippen LogP contribution in [0.15, 0.2) is 164 Å². The van der Waals surface area contributed by atoms with Gasteiger partial charge in [-0.05, 0) is 94.3 Å². The van der Waals surface area contributed by atoms with Gasteiger partial charge in [0.05, 0.1) is 0 Å². The van der Waals surface area contributed by atoms with Gasteiger partial charge in [-0.15, -0.1) is 0 Å². The fraction of sp³-hybridized carbons (Fsp3) is 0.0526. The smallest absolute Gasteiger partial charge is 0.114 e. The van der Waals surface area contributed by atoms with Gasteiger partial charge in [-0.1, -0.05) is 99.1 Å². The third-order valence-corrected chi connectivity index (χ3v) is 11.5. The molecule has 1 aliphatic heterocycles. The number of hydrogen-bond acceptors (Lipinski definition) is 2. The van der Waals surface area contributed by atoms with Crippen LogP contribution in [-0.4, -0.2) is 8.07 Å². The average molecular weight is 547 g/mol. The van der Waals surface area contributed by atoms with Gasteiger partial charge in [-0.25, -0.2) is 0 Å². The normalized spacial score (nSPS) is 13.2. The standard InChI is InChI=1S/C38H34N2Si/c1-5-16-29(6-2)39(30-17-10-7-11-18-30)33-23-25-35-36-26-24-34(28-38(36)41(3,4)37(35)27-33)40(31-19-12-8-13-20-31)32-21-14-9-15-22-32/h5-28H,1-2H2,3-4H3/b29-16+. The maximum Gasteiger partial charge on any atom is 0.114 e. The van der Waals surface area contributed by atoms with Gasteiger partial charge in [0, 0.05) is 34.1 Å². The third kappa shape index (κ3) is 4.75. The lowest BCUT2D eigenvalue weighted by Crippen LogP contribution is -2.49. The molecule has 1 aliphatic rings. The first-order valence-corrected chi connectivity index (χ1v) is 17.0. The number of fused-ring (bicyclic) bond motifs is 3. The van der Waals surface area contributed by atoms with Crippen molar-refractivity contribution in [3.8, 4) is 11.1 Å². The molecule has 0 saturated carbocycles. The lowest BCUT2D eigenvalue weighted by Gasteiger charge is -2.28. The number of para-hydroxylation sites is 3. The SMILES string of the molecule is C=C/C=C(\C=C)N(c1ccccc1)c1ccc2c(c1)[Si](C)(C)c1cc(N(c3ccccc3)c3ccccc3)ccc1-2. The summed E-state index contributed by atoms with van der Waals surface area (Å²) in [5, 5.41) is 2.92. The molecule has 3 heteroatoms. The second-order valence-electron chi connectivity index (χ2n) is 10.8. The van der Waals surface area contributed by atoms with Crippen molar-refractivity contribution in [2.45, 2.75) is 13.1 Å². The zero-order valence-electron chi connectivity index (χ0n) is 23.7. The topological polar surface area (TPSA) is 6.48 Å². The number of nitrogens with zero attached hydrogens (tertiary/aromatic N) is 2. The van der Waals surface area contributed by atoms with Gasteiger partial charge >= 0.3 is 0 Å². The summed E-state index contributed by atoms with van der Waals surface area (Å²) < 4.78 is 0. The van der Waals surface area contributed by atoms with E-state index >= 15 is 0 Å². The van der Waals surface area contributed by atoms with E-state index in [0.717, 1.165) is 28.4 Å². The van der Waals surface area contributed by atoms with Gasteiger partial charge in [0.1, 0.15) is 8.07 Å². The molecule has 0 radical (unpaired) electrons. The molecular formula is C38H34N2Si. The third-order valence-electron chi connectivity index (χ3n) is 7.96. The molecule has 0 amide bonds. The van der Waals surface area contributed by atoms with E-state index < -0.39 is 8.07 Å². The Morgan fingerprint density at radius 2 is 1.02 bits per heavy atom. The van der Waals surface area contributed by atoms with Crippen molar-refractivity contribution in [3.05, 3.63) is 164 Å². The highest BCUT2D eigenvalue weighted by atomic mass is 28.3. The number of benzene rings is 5. The molecule has 6 rings (SSSR count). The highest BCUT2D eigenvalue weighted by Crippen LogP contribution is 2.39. The minimum atomic E-state index is -2.02. The Hall–Kier alpha value is -4.86. The lowest BCUT2D eigenvalue weighted by atomic mass is 10.0. The number of anilines is 5. The van der Waals surface area contributed by atoms with Crippen molar-refractivity contribution in [3.63, 3.8) is 0 Å². The van der Waals surface area contributed by atoms with Crippen LogP contribution in [0.3, 0.4) is 0 Å². The highest BCUT2D eigenvalue weighted by molar-refractivity contribution is 7.04. The zero-order valence-corrected chi connectivity index (χ0v) is 24.7. The minimum Gasteiger partial charge on any atom is -0.311 e. The quantitative estimate of drug-likeness (QED) is 0.141. The molecule has 5 aromatic rings. The summed E-state index contributed by atoms with van der Waals surface area (Å²) >= 11 is 0. The lowest BCUT2D eigenvalue weighted by molar-refractivity contribution is 1.21. The van der Waals surface area contributed by atoms with E-state index in [1.54, 1.807) is 0 Å². The van der Waals surface area contributed by atoms with Gasteiger partial charge in [0.2, 0.25) is 0 Å². The number of rotatable bonds is 8. The van der Waals surface area contributed by atoms with Crippen LogP contribution >= 0.6 is 0 Å². The number of hydrogen-bond donors (Lipinski definition) is 0. The summed E-state index contributed by atoms with van der Waals surface area (Å²) in [6.45, 7) is 13.0. The molecule has 0 fully saturated rings. The fourth-order valence-electron chi connectivity index (χ4n) is 5.97. The first-order chi connectivity index (χ1) is 20.0. The van der Waals surface area contributed by atoms with Crippen LogP contribution in [0.4, 0.5) is 28.4 Å². The van der Waals surface area contributed by atoms with Crippen LogP contribution in [0, 0.1) is 0 Å². The molecule has 200 valence electrons. The van der Waals surface area contributed by atoms with E-state index in [9.17, 15) is 0 Å². The molecular weight excluding hydrogens is 513 g/mol. The predicted octanol–water partition coefficient (Wildman–Crippen LogP) is 9.35. The Morgan fingerprint density at radius 1 is 0.561 bits per heavy atom. The highest BCUT2D eigenvalue weighted by Gasteiger charge is 2.38. The van der Waals surface area contributed by atoms with Crippen molar-refractivity contribution in [1.82, 2.24) is 0 Å². The van der Waals surface area contributed by atoms with Gasteiger partial charge in [0.15, 0.2) is 0 Å². The van der Waals surface area contributed by atoms with Crippen LogP contribution in [0.2, 0.25) is 13.1 Å². The summed E-state index contributed by atoms with van der Waals surface area (Å²) in [5.74, 6) is 0. The van der Waals surface area contributed by atoms with E-state index in [2.05, 4.69) is 157 Å². The van der Waals surface area contributed by atoms with Gasteiger partial charge in [-0.2, -0.15) is 0 Å². The second kappa shape index (κ2) is 11.0. The molecule has 0 N–H and O–H groups in total. The van der Waals surface area contributed by atoms with E-state index in [1.807, 2.05) is 24.3 Å². The van der Waals surface area contributed by atoms with Crippen LogP contribution in [0.1, 0.15) is 0 Å². The van der Waals surface area contributed by atoms with Crippen molar-refractivity contribution < 1.29 is 0 Å². The Balaban J connectivity index is 1.47. The Bertz CT molecular complexity index is 1700. The second-order valence-corrected chi connectivity index (χ2v) is 15.1. The molecule has 0 bridgehead atoms. The molecule has 41 heavy (non-hydrogen) atoms. The van der Waals surface area contributed by atoms with Crippen molar-refractivity contribution in [2.75, 3.05) is 9.80 Å². The first kappa shape index (κ1) is 26.4. The van der Waals surface area contributed by atoms with E-state index in [0.29, 0.717) is 0 Å². The molecule has 2 nitrogen and oxygen atoms in total. The monoisotopic (exact) mass is 546 g/mol. The van der Waals surface area contributed by atoms with Crippen LogP contribution in [-0.2, 0) is 0 Å². The molecule has 0 atom stereocenters. The average Bonchev–Trinajstić information content (AvgIpc) is 3.24. The Morgan fingerprint density at radius 3 is 1.51 bits per heavy atom. The largest absolute Gasteiger partial charge is 0.311 e. The molecule has 5 aromatic carbocycles. The Kier molecular flexibility index (Phi) is 7.04. The zero-order chi connectivity index (χ0) is 28.4. The maximum atomic E-state index is 4.11. The summed E-state index contributed by atoms with van der Waals surface area (Å²) in [6, 6.07) is 45.7. The van der Waals surface area contributed by atoms with E-state index in [1.165, 1.54) is 27.2 Å². The summed E-state index contributed by atoms with van der Waals surface area (Å²) in [7, 11) is -2.02. The summed E-state index contributed by atoms with van der Waals surface area (Å²) in [5.41, 5.74) is 9.41. The molecule has 0 spiro atoms. The molecule has 0 saturated heterocycles. The van der Waals surface area contributed by atoms with E-state index in [-0.39, 0.29) is 0 Å².